The van der Waals surface area contributed by atoms with Gasteiger partial charge in [0, 0.05) is 12.0 Å². The Kier molecular flexibility index (Phi) is 3.12. The Hall–Kier alpha value is -0.570. The molecule has 1 heterocycles. The van der Waals surface area contributed by atoms with Gasteiger partial charge >= 0.3 is 0 Å². The number of hydrogen-bond donors (Lipinski definition) is 0. The van der Waals surface area contributed by atoms with Crippen LogP contribution in [0.3, 0.4) is 0 Å². The fourth-order valence-corrected chi connectivity index (χ4v) is 3.14. The minimum absolute atomic E-state index is 0.493. The van der Waals surface area contributed by atoms with Crippen molar-refractivity contribution in [3.63, 3.8) is 0 Å². The van der Waals surface area contributed by atoms with E-state index in [0.717, 1.165) is 11.7 Å². The van der Waals surface area contributed by atoms with Crippen LogP contribution in [0.5, 0.6) is 0 Å². The molecule has 0 bridgehead atoms. The van der Waals surface area contributed by atoms with Crippen molar-refractivity contribution >= 4 is 11.6 Å². The molecule has 0 saturated heterocycles. The van der Waals surface area contributed by atoms with Crippen molar-refractivity contribution < 1.29 is 0 Å². The predicted octanol–water partition coefficient (Wildman–Crippen LogP) is 3.65. The van der Waals surface area contributed by atoms with Crippen LogP contribution in [0.1, 0.15) is 69.1 Å². The van der Waals surface area contributed by atoms with Crippen molar-refractivity contribution in [3.05, 3.63) is 11.6 Å². The summed E-state index contributed by atoms with van der Waals surface area (Å²) in [6, 6.07) is 0.646. The molecule has 3 nitrogen and oxygen atoms in total. The molecule has 0 unspecified atom stereocenters. The van der Waals surface area contributed by atoms with Gasteiger partial charge in [0.05, 0.1) is 5.88 Å². The van der Waals surface area contributed by atoms with Gasteiger partial charge in [0.2, 0.25) is 0 Å². The van der Waals surface area contributed by atoms with Gasteiger partial charge in [-0.2, -0.15) is 0 Å². The smallest absolute Gasteiger partial charge is 0.148 e. The van der Waals surface area contributed by atoms with Gasteiger partial charge in [-0.15, -0.1) is 21.8 Å². The quantitative estimate of drug-likeness (QED) is 0.770. The zero-order valence-electron chi connectivity index (χ0n) is 10.4. The Balaban J connectivity index is 1.84. The van der Waals surface area contributed by atoms with E-state index in [1.807, 2.05) is 0 Å². The molecule has 94 valence electrons. The highest BCUT2D eigenvalue weighted by Gasteiger charge is 2.32. The van der Waals surface area contributed by atoms with E-state index in [-0.39, 0.29) is 0 Å². The van der Waals surface area contributed by atoms with Crippen LogP contribution >= 0.6 is 11.6 Å². The Morgan fingerprint density at radius 1 is 1.12 bits per heavy atom. The van der Waals surface area contributed by atoms with Crippen molar-refractivity contribution in [2.24, 2.45) is 5.92 Å². The number of hydrogen-bond acceptors (Lipinski definition) is 2. The Morgan fingerprint density at radius 3 is 2.41 bits per heavy atom. The maximum atomic E-state index is 5.96. The first-order chi connectivity index (χ1) is 8.29. The standard InChI is InChI=1S/C13H20ClN3/c1-9-2-4-10(5-3-9)13-16-15-12(8-14)17(13)11-6-7-11/h9-11H,2-8H2,1H3. The largest absolute Gasteiger partial charge is 0.311 e. The monoisotopic (exact) mass is 253 g/mol. The summed E-state index contributed by atoms with van der Waals surface area (Å²) in [5, 5.41) is 8.70. The fourth-order valence-electron chi connectivity index (χ4n) is 2.96. The Bertz CT molecular complexity index is 389. The predicted molar refractivity (Wildman–Crippen MR) is 68.2 cm³/mol. The summed E-state index contributed by atoms with van der Waals surface area (Å²) in [5.74, 6) is 4.19. The first-order valence-electron chi connectivity index (χ1n) is 6.79. The molecule has 0 aromatic carbocycles. The number of rotatable bonds is 3. The molecule has 2 fully saturated rings. The minimum Gasteiger partial charge on any atom is -0.311 e. The molecule has 0 aliphatic heterocycles. The molecule has 2 saturated carbocycles. The topological polar surface area (TPSA) is 30.7 Å². The van der Waals surface area contributed by atoms with Gasteiger partial charge < -0.3 is 4.57 Å². The van der Waals surface area contributed by atoms with Gasteiger partial charge in [-0.25, -0.2) is 0 Å². The van der Waals surface area contributed by atoms with E-state index in [4.69, 9.17) is 11.6 Å². The summed E-state index contributed by atoms with van der Waals surface area (Å²) in [7, 11) is 0. The average Bonchev–Trinajstić information content (AvgIpc) is 3.10. The van der Waals surface area contributed by atoms with Crippen molar-refractivity contribution in [2.45, 2.75) is 63.3 Å². The normalized spacial score (nSPS) is 29.5. The second-order valence-electron chi connectivity index (χ2n) is 5.67. The van der Waals surface area contributed by atoms with E-state index in [1.165, 1.54) is 44.3 Å². The lowest BCUT2D eigenvalue weighted by atomic mass is 9.82. The summed E-state index contributed by atoms with van der Waals surface area (Å²) in [6.07, 6.45) is 7.76. The molecule has 17 heavy (non-hydrogen) atoms. The molecule has 0 atom stereocenters. The van der Waals surface area contributed by atoms with Gasteiger partial charge in [0.1, 0.15) is 11.6 Å². The number of alkyl halides is 1. The minimum atomic E-state index is 0.493. The molecule has 0 N–H and O–H groups in total. The van der Waals surface area contributed by atoms with Crippen molar-refractivity contribution in [1.29, 1.82) is 0 Å². The van der Waals surface area contributed by atoms with Crippen molar-refractivity contribution in [3.8, 4) is 0 Å². The lowest BCUT2D eigenvalue weighted by Gasteiger charge is -2.26. The summed E-state index contributed by atoms with van der Waals surface area (Å²) in [6.45, 7) is 2.35. The maximum Gasteiger partial charge on any atom is 0.148 e. The zero-order chi connectivity index (χ0) is 11.8. The van der Waals surface area contributed by atoms with Gasteiger partial charge in [-0.05, 0) is 31.6 Å². The van der Waals surface area contributed by atoms with E-state index in [0.29, 0.717) is 17.8 Å². The van der Waals surface area contributed by atoms with Gasteiger partial charge in [-0.3, -0.25) is 0 Å². The third-order valence-electron chi connectivity index (χ3n) is 4.21. The fraction of sp³-hybridized carbons (Fsp3) is 0.846. The Labute approximate surface area is 108 Å². The van der Waals surface area contributed by atoms with Crippen LogP contribution in [0.15, 0.2) is 0 Å². The van der Waals surface area contributed by atoms with E-state index in [9.17, 15) is 0 Å². The summed E-state index contributed by atoms with van der Waals surface area (Å²) in [5.41, 5.74) is 0. The molecular weight excluding hydrogens is 234 g/mol. The Morgan fingerprint density at radius 2 is 1.82 bits per heavy atom. The lowest BCUT2D eigenvalue weighted by molar-refractivity contribution is 0.333. The molecule has 0 spiro atoms. The van der Waals surface area contributed by atoms with Gasteiger partial charge in [-0.1, -0.05) is 19.8 Å². The SMILES string of the molecule is CC1CCC(c2nnc(CCl)n2C2CC2)CC1. The van der Waals surface area contributed by atoms with E-state index >= 15 is 0 Å². The molecule has 3 rings (SSSR count). The molecular formula is C13H20ClN3. The van der Waals surface area contributed by atoms with Crippen molar-refractivity contribution in [1.82, 2.24) is 14.8 Å². The summed E-state index contributed by atoms with van der Waals surface area (Å²) in [4.78, 5) is 0. The van der Waals surface area contributed by atoms with Crippen molar-refractivity contribution in [2.75, 3.05) is 0 Å². The molecule has 0 radical (unpaired) electrons. The molecule has 1 aromatic rings. The van der Waals surface area contributed by atoms with Crippen LogP contribution in [0.25, 0.3) is 0 Å². The first kappa shape index (κ1) is 11.5. The zero-order valence-corrected chi connectivity index (χ0v) is 11.2. The van der Waals surface area contributed by atoms with Crippen LogP contribution in [0.4, 0.5) is 0 Å². The average molecular weight is 254 g/mol. The highest BCUT2D eigenvalue weighted by Crippen LogP contribution is 2.41. The number of halogens is 1. The molecule has 2 aliphatic rings. The summed E-state index contributed by atoms with van der Waals surface area (Å²) < 4.78 is 2.34. The molecule has 1 aromatic heterocycles. The van der Waals surface area contributed by atoms with Crippen LogP contribution < -0.4 is 0 Å². The second kappa shape index (κ2) is 4.60. The first-order valence-corrected chi connectivity index (χ1v) is 7.32. The third-order valence-corrected chi connectivity index (χ3v) is 4.44. The van der Waals surface area contributed by atoms with Crippen LogP contribution in [-0.4, -0.2) is 14.8 Å². The maximum absolute atomic E-state index is 5.96. The van der Waals surface area contributed by atoms with E-state index in [1.54, 1.807) is 0 Å². The second-order valence-corrected chi connectivity index (χ2v) is 5.93. The van der Waals surface area contributed by atoms with Crippen LogP contribution in [0.2, 0.25) is 0 Å². The molecule has 2 aliphatic carbocycles. The molecule has 4 heteroatoms. The number of nitrogens with zero attached hydrogens (tertiary/aromatic N) is 3. The third kappa shape index (κ3) is 2.22. The lowest BCUT2D eigenvalue weighted by Crippen LogP contribution is -2.16. The van der Waals surface area contributed by atoms with Gasteiger partial charge in [0.25, 0.3) is 0 Å². The highest BCUT2D eigenvalue weighted by atomic mass is 35.5. The van der Waals surface area contributed by atoms with Crippen LogP contribution in [-0.2, 0) is 5.88 Å². The van der Waals surface area contributed by atoms with E-state index in [2.05, 4.69) is 21.7 Å². The van der Waals surface area contributed by atoms with Gasteiger partial charge in [0.15, 0.2) is 0 Å². The van der Waals surface area contributed by atoms with E-state index < -0.39 is 0 Å². The molecule has 0 amide bonds. The van der Waals surface area contributed by atoms with Crippen LogP contribution in [0, 0.1) is 5.92 Å². The summed E-state index contributed by atoms with van der Waals surface area (Å²) >= 11 is 5.96. The highest BCUT2D eigenvalue weighted by molar-refractivity contribution is 6.16. The number of aromatic nitrogens is 3.